The van der Waals surface area contributed by atoms with Crippen LogP contribution >= 0.6 is 0 Å². The molecular weight excluding hydrogens is 678 g/mol. The maximum atomic E-state index is 13.6. The molecule has 2 N–H and O–H groups in total. The van der Waals surface area contributed by atoms with Gasteiger partial charge < -0.3 is 19.6 Å². The van der Waals surface area contributed by atoms with Gasteiger partial charge in [-0.05, 0) is 74.2 Å². The van der Waals surface area contributed by atoms with E-state index >= 15 is 0 Å². The molecule has 18 heteroatoms. The van der Waals surface area contributed by atoms with Crippen molar-refractivity contribution in [3.8, 4) is 0 Å². The first-order valence-corrected chi connectivity index (χ1v) is 17.6. The molecule has 2 aliphatic heterocycles. The van der Waals surface area contributed by atoms with E-state index in [1.807, 2.05) is 0 Å². The van der Waals surface area contributed by atoms with Gasteiger partial charge >= 0.3 is 12.4 Å². The number of anilines is 4. The maximum Gasteiger partial charge on any atom is 0.416 e. The lowest BCUT2D eigenvalue weighted by atomic mass is 10.1. The van der Waals surface area contributed by atoms with Crippen LogP contribution in [-0.2, 0) is 32.6 Å². The van der Waals surface area contributed by atoms with Crippen molar-refractivity contribution in [2.24, 2.45) is 0 Å². The Hall–Kier alpha value is -3.48. The SMILES string of the molecule is CN1C(=CC=CC2N(C)c3ccc(C(F)(F)F)cc3N2CCCCS(=O)(=O)O)N(CCCCS(=O)(=O)O)c2cc(C(F)(F)F)ccc21. The van der Waals surface area contributed by atoms with Gasteiger partial charge in [-0.2, -0.15) is 43.2 Å². The van der Waals surface area contributed by atoms with Gasteiger partial charge in [0.2, 0.25) is 0 Å². The Labute approximate surface area is 269 Å². The monoisotopic (exact) mass is 712 g/mol. The summed E-state index contributed by atoms with van der Waals surface area (Å²) in [6.07, 6.45) is -4.41. The molecule has 260 valence electrons. The van der Waals surface area contributed by atoms with E-state index in [1.165, 1.54) is 12.1 Å². The van der Waals surface area contributed by atoms with Crippen LogP contribution in [0.15, 0.2) is 60.4 Å². The minimum absolute atomic E-state index is 0.0496. The lowest BCUT2D eigenvalue weighted by Crippen LogP contribution is -2.40. The number of likely N-dealkylation sites (N-methyl/N-ethyl adjacent to an activating group) is 1. The third-order valence-corrected chi connectivity index (χ3v) is 9.51. The Morgan fingerprint density at radius 3 is 1.77 bits per heavy atom. The van der Waals surface area contributed by atoms with Crippen LogP contribution < -0.4 is 19.6 Å². The second-order valence-corrected chi connectivity index (χ2v) is 14.4. The zero-order valence-corrected chi connectivity index (χ0v) is 27.0. The predicted molar refractivity (Wildman–Crippen MR) is 167 cm³/mol. The van der Waals surface area contributed by atoms with Crippen molar-refractivity contribution >= 4 is 43.0 Å². The van der Waals surface area contributed by atoms with Crippen LogP contribution in [0.4, 0.5) is 49.1 Å². The molecule has 0 aromatic heterocycles. The molecule has 4 rings (SSSR count). The van der Waals surface area contributed by atoms with Gasteiger partial charge in [0.15, 0.2) is 0 Å². The second kappa shape index (κ2) is 13.6. The minimum Gasteiger partial charge on any atom is -0.349 e. The quantitative estimate of drug-likeness (QED) is 0.154. The zero-order valence-electron chi connectivity index (χ0n) is 25.3. The molecule has 0 amide bonds. The van der Waals surface area contributed by atoms with Crippen LogP contribution in [0.1, 0.15) is 36.8 Å². The van der Waals surface area contributed by atoms with Crippen molar-refractivity contribution in [1.29, 1.82) is 0 Å². The fourth-order valence-electron chi connectivity index (χ4n) is 5.63. The normalized spacial score (nSPS) is 18.2. The van der Waals surface area contributed by atoms with E-state index < -0.39 is 61.4 Å². The highest BCUT2D eigenvalue weighted by Crippen LogP contribution is 2.45. The maximum absolute atomic E-state index is 13.6. The molecule has 2 aliphatic rings. The van der Waals surface area contributed by atoms with Gasteiger partial charge in [0.1, 0.15) is 12.0 Å². The predicted octanol–water partition coefficient (Wildman–Crippen LogP) is 6.00. The summed E-state index contributed by atoms with van der Waals surface area (Å²) in [5, 5.41) is 0. The molecule has 10 nitrogen and oxygen atoms in total. The molecule has 1 unspecified atom stereocenters. The van der Waals surface area contributed by atoms with Crippen LogP contribution in [0.2, 0.25) is 0 Å². The molecule has 0 radical (unpaired) electrons. The molecule has 0 bridgehead atoms. The molecule has 0 aliphatic carbocycles. The number of unbranched alkanes of at least 4 members (excludes halogenated alkanes) is 2. The third kappa shape index (κ3) is 8.91. The first-order chi connectivity index (χ1) is 21.7. The minimum atomic E-state index is -4.62. The second-order valence-electron chi connectivity index (χ2n) is 11.2. The van der Waals surface area contributed by atoms with E-state index in [1.54, 1.807) is 51.9 Å². The van der Waals surface area contributed by atoms with E-state index in [9.17, 15) is 43.2 Å². The first kappa shape index (κ1) is 36.4. The molecule has 0 saturated carbocycles. The summed E-state index contributed by atoms with van der Waals surface area (Å²) < 4.78 is 144. The zero-order chi connectivity index (χ0) is 34.9. The highest BCUT2D eigenvalue weighted by Gasteiger charge is 2.38. The highest BCUT2D eigenvalue weighted by molar-refractivity contribution is 7.86. The van der Waals surface area contributed by atoms with Gasteiger partial charge in [0.25, 0.3) is 20.2 Å². The average Bonchev–Trinajstić information content (AvgIpc) is 3.36. The van der Waals surface area contributed by atoms with E-state index in [-0.39, 0.29) is 50.1 Å². The van der Waals surface area contributed by atoms with E-state index in [2.05, 4.69) is 0 Å². The third-order valence-electron chi connectivity index (χ3n) is 7.90. The average molecular weight is 713 g/mol. The van der Waals surface area contributed by atoms with Crippen molar-refractivity contribution in [3.63, 3.8) is 0 Å². The molecule has 2 heterocycles. The number of alkyl halides is 6. The Balaban J connectivity index is 1.65. The Kier molecular flexibility index (Phi) is 10.5. The number of allylic oxidation sites excluding steroid dienone is 2. The van der Waals surface area contributed by atoms with Crippen molar-refractivity contribution < 1.29 is 52.3 Å². The molecular formula is C29H34F6N4O6S2. The lowest BCUT2D eigenvalue weighted by Gasteiger charge is -2.28. The Bertz CT molecular complexity index is 1750. The first-order valence-electron chi connectivity index (χ1n) is 14.4. The number of hydrogen-bond donors (Lipinski definition) is 2. The smallest absolute Gasteiger partial charge is 0.349 e. The van der Waals surface area contributed by atoms with Gasteiger partial charge in [-0.15, -0.1) is 0 Å². The van der Waals surface area contributed by atoms with Crippen LogP contribution in [0.5, 0.6) is 0 Å². The molecule has 1 atom stereocenters. The van der Waals surface area contributed by atoms with E-state index in [4.69, 9.17) is 9.11 Å². The fourth-order valence-corrected chi connectivity index (χ4v) is 6.77. The molecule has 2 aromatic carbocycles. The van der Waals surface area contributed by atoms with Gasteiger partial charge in [-0.1, -0.05) is 6.08 Å². The molecule has 0 saturated heterocycles. The molecule has 0 fully saturated rings. The summed E-state index contributed by atoms with van der Waals surface area (Å²) >= 11 is 0. The standard InChI is InChI=1S/C29H34F6N4O6S2/c1-36-22-12-10-20(28(30,31)32)18-24(22)38(14-3-5-16-46(40,41)42)26(36)8-7-9-27-37(2)23-13-11-21(29(33,34)35)19-25(23)39(27)15-4-6-17-47(43,44)45/h7-13,18-19,26H,3-6,14-17H2,1-2H3,(H,40,41,42)(H,43,44,45). The summed E-state index contributed by atoms with van der Waals surface area (Å²) in [7, 11) is -5.15. The Morgan fingerprint density at radius 2 is 1.23 bits per heavy atom. The van der Waals surface area contributed by atoms with Crippen LogP contribution in [0.25, 0.3) is 0 Å². The largest absolute Gasteiger partial charge is 0.416 e. The van der Waals surface area contributed by atoms with Gasteiger partial charge in [-0.25, -0.2) is 0 Å². The number of benzene rings is 2. The fraction of sp³-hybridized carbons (Fsp3) is 0.448. The summed E-state index contributed by atoms with van der Waals surface area (Å²) in [5.74, 6) is -0.586. The summed E-state index contributed by atoms with van der Waals surface area (Å²) in [4.78, 5) is 6.63. The highest BCUT2D eigenvalue weighted by atomic mass is 32.2. The number of halogens is 6. The van der Waals surface area contributed by atoms with E-state index in [0.29, 0.717) is 17.2 Å². The lowest BCUT2D eigenvalue weighted by molar-refractivity contribution is -0.138. The van der Waals surface area contributed by atoms with Crippen LogP contribution in [0.3, 0.4) is 0 Å². The molecule has 47 heavy (non-hydrogen) atoms. The number of rotatable bonds is 12. The number of fused-ring (bicyclic) bond motifs is 2. The summed E-state index contributed by atoms with van der Waals surface area (Å²) in [5.41, 5.74) is -0.301. The number of nitrogens with zero attached hydrogens (tertiary/aromatic N) is 4. The topological polar surface area (TPSA) is 122 Å². The van der Waals surface area contributed by atoms with Crippen LogP contribution in [-0.4, -0.2) is 70.8 Å². The Morgan fingerprint density at radius 1 is 0.723 bits per heavy atom. The van der Waals surface area contributed by atoms with Crippen LogP contribution in [0, 0.1) is 0 Å². The van der Waals surface area contributed by atoms with Gasteiger partial charge in [0, 0.05) is 27.2 Å². The van der Waals surface area contributed by atoms with E-state index in [0.717, 1.165) is 24.3 Å². The van der Waals surface area contributed by atoms with Crippen molar-refractivity contribution in [3.05, 3.63) is 71.6 Å². The summed E-state index contributed by atoms with van der Waals surface area (Å²) in [6.45, 7) is 0.258. The molecule has 2 aromatic rings. The van der Waals surface area contributed by atoms with Crippen molar-refractivity contribution in [1.82, 2.24) is 0 Å². The van der Waals surface area contributed by atoms with Gasteiger partial charge in [-0.3, -0.25) is 9.11 Å². The van der Waals surface area contributed by atoms with Crippen molar-refractivity contribution in [2.45, 2.75) is 44.2 Å². The summed E-state index contributed by atoms with van der Waals surface area (Å²) in [6, 6.07) is 6.57. The number of hydrogen-bond acceptors (Lipinski definition) is 8. The van der Waals surface area contributed by atoms with Crippen molar-refractivity contribution in [2.75, 3.05) is 58.3 Å². The van der Waals surface area contributed by atoms with Gasteiger partial charge in [0.05, 0.1) is 45.4 Å². The molecule has 0 spiro atoms.